The van der Waals surface area contributed by atoms with Crippen molar-refractivity contribution in [1.82, 2.24) is 20.4 Å². The Balaban J connectivity index is 1.38. The lowest BCUT2D eigenvalue weighted by atomic mass is 9.97. The number of hydrogen-bond donors (Lipinski definition) is 3. The molecule has 5 rings (SSSR count). The van der Waals surface area contributed by atoms with E-state index in [1.54, 1.807) is 56.7 Å². The number of hydrogen-bond acceptors (Lipinski definition) is 6. The van der Waals surface area contributed by atoms with Crippen molar-refractivity contribution in [3.8, 4) is 22.8 Å². The zero-order chi connectivity index (χ0) is 25.2. The van der Waals surface area contributed by atoms with Crippen molar-refractivity contribution >= 4 is 11.7 Å². The van der Waals surface area contributed by atoms with E-state index in [2.05, 4.69) is 21.0 Å². The quantitative estimate of drug-likeness (QED) is 0.457. The Kier molecular flexibility index (Phi) is 6.77. The molecule has 0 saturated carbocycles. The number of alkyl halides is 2. The molecule has 190 valence electrons. The molecule has 1 amide bonds. The number of benzene rings is 2. The molecule has 1 fully saturated rings. The van der Waals surface area contributed by atoms with Crippen LogP contribution in [0.2, 0.25) is 0 Å². The molecule has 0 radical (unpaired) electrons. The number of halogens is 2. The smallest absolute Gasteiger partial charge is 0.260 e. The molecule has 8 nitrogen and oxygen atoms in total. The highest BCUT2D eigenvalue weighted by molar-refractivity contribution is 5.94. The van der Waals surface area contributed by atoms with Crippen LogP contribution in [-0.4, -0.2) is 55.5 Å². The minimum atomic E-state index is -2.59. The summed E-state index contributed by atoms with van der Waals surface area (Å²) in [5, 5.41) is 14.1. The lowest BCUT2D eigenvalue weighted by Gasteiger charge is -2.32. The molecular formula is C26H29F2N5O3. The van der Waals surface area contributed by atoms with Gasteiger partial charge in [-0.25, -0.2) is 13.5 Å². The van der Waals surface area contributed by atoms with Crippen molar-refractivity contribution in [3.63, 3.8) is 0 Å². The number of ether oxygens (including phenoxy) is 2. The number of amides is 1. The third-order valence-electron chi connectivity index (χ3n) is 6.79. The highest BCUT2D eigenvalue weighted by Crippen LogP contribution is 2.41. The number of aromatic nitrogens is 2. The molecule has 3 unspecified atom stereocenters. The number of carbonyl (C=O) groups is 1. The lowest BCUT2D eigenvalue weighted by Crippen LogP contribution is -2.36. The van der Waals surface area contributed by atoms with Gasteiger partial charge in [0.2, 0.25) is 0 Å². The van der Waals surface area contributed by atoms with E-state index < -0.39 is 12.5 Å². The van der Waals surface area contributed by atoms with Gasteiger partial charge < -0.3 is 25.4 Å². The van der Waals surface area contributed by atoms with Gasteiger partial charge in [-0.2, -0.15) is 5.10 Å². The summed E-state index contributed by atoms with van der Waals surface area (Å²) in [6.07, 6.45) is -1.51. The van der Waals surface area contributed by atoms with Crippen molar-refractivity contribution in [1.29, 1.82) is 0 Å². The molecule has 0 bridgehead atoms. The standard InChI is InChI=1S/C26H29F2N5O3/c1-35-22-8-7-17(11-23(22)36-2)19-12-21(25(27)28)33-24(31-19)13-20(32-33)15-3-5-16(6-4-15)26(34)30-18-9-10-29-14-18/h3-8,11,13,18-19,21,25,29,31H,9-10,12,14H2,1-2H3,(H,30,34). The lowest BCUT2D eigenvalue weighted by molar-refractivity contribution is 0.0659. The first kappa shape index (κ1) is 24.1. The SMILES string of the molecule is COc1ccc(C2CC(C(F)F)n3nc(-c4ccc(C(=O)NC5CCNC5)cc4)cc3N2)cc1OC. The molecule has 10 heteroatoms. The molecule has 36 heavy (non-hydrogen) atoms. The van der Waals surface area contributed by atoms with Crippen molar-refractivity contribution in [3.05, 3.63) is 59.7 Å². The number of carbonyl (C=O) groups excluding carboxylic acids is 1. The summed E-state index contributed by atoms with van der Waals surface area (Å²) in [5.41, 5.74) is 2.67. The van der Waals surface area contributed by atoms with E-state index in [0.717, 1.165) is 30.6 Å². The van der Waals surface area contributed by atoms with Crippen LogP contribution in [0, 0.1) is 0 Å². The fourth-order valence-electron chi connectivity index (χ4n) is 4.81. The minimum absolute atomic E-state index is 0.128. The summed E-state index contributed by atoms with van der Waals surface area (Å²) < 4.78 is 40.2. The Morgan fingerprint density at radius 3 is 2.56 bits per heavy atom. The molecular weight excluding hydrogens is 468 g/mol. The van der Waals surface area contributed by atoms with Crippen molar-refractivity contribution in [2.45, 2.75) is 37.4 Å². The molecule has 0 aliphatic carbocycles. The van der Waals surface area contributed by atoms with Gasteiger partial charge in [0.15, 0.2) is 11.5 Å². The van der Waals surface area contributed by atoms with Gasteiger partial charge in [0.05, 0.1) is 26.0 Å². The third-order valence-corrected chi connectivity index (χ3v) is 6.79. The van der Waals surface area contributed by atoms with E-state index in [1.165, 1.54) is 4.68 Å². The topological polar surface area (TPSA) is 89.4 Å². The molecule has 0 spiro atoms. The number of anilines is 1. The fourth-order valence-corrected chi connectivity index (χ4v) is 4.81. The van der Waals surface area contributed by atoms with Crippen LogP contribution in [-0.2, 0) is 0 Å². The molecule has 2 aliphatic rings. The van der Waals surface area contributed by atoms with Crippen molar-refractivity contribution in [2.75, 3.05) is 32.6 Å². The molecule has 3 atom stereocenters. The van der Waals surface area contributed by atoms with Crippen molar-refractivity contribution in [2.24, 2.45) is 0 Å². The molecule has 3 aromatic rings. The van der Waals surface area contributed by atoms with Gasteiger partial charge in [0.1, 0.15) is 11.9 Å². The summed E-state index contributed by atoms with van der Waals surface area (Å²) in [6.45, 7) is 1.67. The molecule has 2 aromatic carbocycles. The van der Waals surface area contributed by atoms with E-state index in [9.17, 15) is 13.6 Å². The van der Waals surface area contributed by atoms with Crippen LogP contribution in [0.4, 0.5) is 14.6 Å². The third kappa shape index (κ3) is 4.73. The van der Waals surface area contributed by atoms with Gasteiger partial charge in [-0.3, -0.25) is 4.79 Å². The Morgan fingerprint density at radius 2 is 1.89 bits per heavy atom. The van der Waals surface area contributed by atoms with Crippen LogP contribution in [0.5, 0.6) is 11.5 Å². The zero-order valence-electron chi connectivity index (χ0n) is 20.1. The summed E-state index contributed by atoms with van der Waals surface area (Å²) in [7, 11) is 3.09. The average molecular weight is 498 g/mol. The second-order valence-electron chi connectivity index (χ2n) is 9.05. The normalized spacial score (nSPS) is 21.1. The monoisotopic (exact) mass is 497 g/mol. The van der Waals surface area contributed by atoms with Crippen LogP contribution in [0.15, 0.2) is 48.5 Å². The van der Waals surface area contributed by atoms with Gasteiger partial charge in [-0.15, -0.1) is 0 Å². The summed E-state index contributed by atoms with van der Waals surface area (Å²) in [4.78, 5) is 12.5. The first-order valence-corrected chi connectivity index (χ1v) is 11.9. The van der Waals surface area contributed by atoms with Crippen LogP contribution in [0.25, 0.3) is 11.3 Å². The Labute approximate surface area is 208 Å². The fraction of sp³-hybridized carbons (Fsp3) is 0.385. The van der Waals surface area contributed by atoms with Gasteiger partial charge in [-0.1, -0.05) is 18.2 Å². The predicted octanol–water partition coefficient (Wildman–Crippen LogP) is 4.02. The predicted molar refractivity (Wildman–Crippen MR) is 132 cm³/mol. The number of rotatable bonds is 7. The maximum absolute atomic E-state index is 14.1. The number of nitrogens with zero attached hydrogens (tertiary/aromatic N) is 2. The molecule has 1 saturated heterocycles. The Morgan fingerprint density at radius 1 is 1.11 bits per heavy atom. The first-order chi connectivity index (χ1) is 17.5. The second kappa shape index (κ2) is 10.1. The largest absolute Gasteiger partial charge is 0.493 e. The Bertz CT molecular complexity index is 1220. The van der Waals surface area contributed by atoms with Crippen LogP contribution >= 0.6 is 0 Å². The maximum Gasteiger partial charge on any atom is 0.260 e. The number of fused-ring (bicyclic) bond motifs is 1. The van der Waals surface area contributed by atoms with Gasteiger partial charge in [-0.05, 0) is 49.2 Å². The van der Waals surface area contributed by atoms with E-state index in [0.29, 0.717) is 28.6 Å². The number of methoxy groups -OCH3 is 2. The summed E-state index contributed by atoms with van der Waals surface area (Å²) in [6, 6.07) is 12.9. The van der Waals surface area contributed by atoms with Crippen LogP contribution < -0.4 is 25.4 Å². The maximum atomic E-state index is 14.1. The van der Waals surface area contributed by atoms with E-state index >= 15 is 0 Å². The Hall–Kier alpha value is -3.66. The highest BCUT2D eigenvalue weighted by Gasteiger charge is 2.35. The molecule has 3 heterocycles. The van der Waals surface area contributed by atoms with Crippen LogP contribution in [0.3, 0.4) is 0 Å². The highest BCUT2D eigenvalue weighted by atomic mass is 19.3. The summed E-state index contributed by atoms with van der Waals surface area (Å²) in [5.74, 6) is 1.50. The molecule has 1 aromatic heterocycles. The second-order valence-corrected chi connectivity index (χ2v) is 9.05. The van der Waals surface area contributed by atoms with Gasteiger partial charge in [0.25, 0.3) is 12.3 Å². The minimum Gasteiger partial charge on any atom is -0.493 e. The average Bonchev–Trinajstić information content (AvgIpc) is 3.57. The van der Waals surface area contributed by atoms with E-state index in [1.807, 2.05) is 6.07 Å². The summed E-state index contributed by atoms with van der Waals surface area (Å²) >= 11 is 0. The van der Waals surface area contributed by atoms with Crippen LogP contribution in [0.1, 0.15) is 40.8 Å². The van der Waals surface area contributed by atoms with E-state index in [4.69, 9.17) is 9.47 Å². The molecule has 3 N–H and O–H groups in total. The van der Waals surface area contributed by atoms with Gasteiger partial charge in [0, 0.05) is 29.8 Å². The van der Waals surface area contributed by atoms with Crippen molar-refractivity contribution < 1.29 is 23.0 Å². The first-order valence-electron chi connectivity index (χ1n) is 11.9. The molecule has 2 aliphatic heterocycles. The zero-order valence-corrected chi connectivity index (χ0v) is 20.1. The van der Waals surface area contributed by atoms with E-state index in [-0.39, 0.29) is 24.4 Å². The van der Waals surface area contributed by atoms with Gasteiger partial charge >= 0.3 is 0 Å². The number of nitrogens with one attached hydrogen (secondary N) is 3.